The molecule has 108 valence electrons. The van der Waals surface area contributed by atoms with Crippen molar-refractivity contribution in [2.75, 3.05) is 25.5 Å². The highest BCUT2D eigenvalue weighted by atomic mass is 16.5. The molecule has 5 nitrogen and oxygen atoms in total. The molecule has 3 rings (SSSR count). The van der Waals surface area contributed by atoms with Gasteiger partial charge >= 0.3 is 0 Å². The Bertz CT molecular complexity index is 514. The molecule has 0 spiro atoms. The largest absolute Gasteiger partial charge is 0.495 e. The Hall–Kier alpha value is -1.75. The number of anilines is 1. The summed E-state index contributed by atoms with van der Waals surface area (Å²) in [6, 6.07) is 6.47. The molecular formula is C15H21N3O2. The summed E-state index contributed by atoms with van der Waals surface area (Å²) in [5.41, 5.74) is 6.69. The minimum atomic E-state index is -0.415. The van der Waals surface area contributed by atoms with Crippen molar-refractivity contribution in [3.63, 3.8) is 0 Å². The van der Waals surface area contributed by atoms with Gasteiger partial charge in [0.25, 0.3) is 0 Å². The molecule has 1 saturated heterocycles. The highest BCUT2D eigenvalue weighted by Gasteiger charge is 2.34. The van der Waals surface area contributed by atoms with Crippen LogP contribution in [0.5, 0.6) is 5.75 Å². The van der Waals surface area contributed by atoms with E-state index in [-0.39, 0.29) is 0 Å². The summed E-state index contributed by atoms with van der Waals surface area (Å²) < 4.78 is 5.35. The predicted octanol–water partition coefficient (Wildman–Crippen LogP) is 1.44. The molecule has 1 heterocycles. The second-order valence-corrected chi connectivity index (χ2v) is 5.64. The number of carbonyl (C=O) groups excluding carboxylic acids is 1. The van der Waals surface area contributed by atoms with E-state index < -0.39 is 5.91 Å². The number of primary amides is 1. The maximum absolute atomic E-state index is 11.3. The number of likely N-dealkylation sites (tertiary alicyclic amines) is 1. The summed E-state index contributed by atoms with van der Waals surface area (Å²) in [6.45, 7) is 2.22. The molecule has 20 heavy (non-hydrogen) atoms. The Kier molecular flexibility index (Phi) is 3.53. The van der Waals surface area contributed by atoms with Crippen molar-refractivity contribution in [2.24, 2.45) is 5.73 Å². The lowest BCUT2D eigenvalue weighted by atomic mass is 10.1. The van der Waals surface area contributed by atoms with Crippen LogP contribution < -0.4 is 15.8 Å². The number of nitrogens with zero attached hydrogens (tertiary/aromatic N) is 1. The number of hydrogen-bond donors (Lipinski definition) is 2. The highest BCUT2D eigenvalue weighted by molar-refractivity contribution is 5.94. The highest BCUT2D eigenvalue weighted by Crippen LogP contribution is 2.32. The van der Waals surface area contributed by atoms with Crippen molar-refractivity contribution < 1.29 is 9.53 Å². The van der Waals surface area contributed by atoms with E-state index in [1.807, 2.05) is 0 Å². The molecule has 2 aliphatic rings. The third-order valence-electron chi connectivity index (χ3n) is 4.13. The smallest absolute Gasteiger partial charge is 0.248 e. The molecule has 1 aromatic rings. The Labute approximate surface area is 119 Å². The fourth-order valence-electron chi connectivity index (χ4n) is 2.87. The maximum Gasteiger partial charge on any atom is 0.248 e. The predicted molar refractivity (Wildman–Crippen MR) is 78.1 cm³/mol. The van der Waals surface area contributed by atoms with Crippen molar-refractivity contribution in [3.8, 4) is 5.75 Å². The Morgan fingerprint density at radius 3 is 2.85 bits per heavy atom. The van der Waals surface area contributed by atoms with Crippen LogP contribution in [0.25, 0.3) is 0 Å². The minimum Gasteiger partial charge on any atom is -0.495 e. The molecule has 0 radical (unpaired) electrons. The van der Waals surface area contributed by atoms with Crippen LogP contribution >= 0.6 is 0 Å². The van der Waals surface area contributed by atoms with E-state index in [0.717, 1.165) is 37.0 Å². The van der Waals surface area contributed by atoms with E-state index in [0.29, 0.717) is 11.6 Å². The van der Waals surface area contributed by atoms with Crippen LogP contribution in [-0.2, 0) is 0 Å². The molecular weight excluding hydrogens is 254 g/mol. The van der Waals surface area contributed by atoms with Gasteiger partial charge in [0.1, 0.15) is 5.75 Å². The summed E-state index contributed by atoms with van der Waals surface area (Å²) >= 11 is 0. The average molecular weight is 275 g/mol. The first-order valence-corrected chi connectivity index (χ1v) is 7.16. The van der Waals surface area contributed by atoms with Crippen molar-refractivity contribution in [3.05, 3.63) is 23.8 Å². The van der Waals surface area contributed by atoms with Crippen LogP contribution in [0.1, 0.15) is 29.6 Å². The number of carbonyl (C=O) groups is 1. The number of benzene rings is 1. The Balaban J connectivity index is 1.72. The summed E-state index contributed by atoms with van der Waals surface area (Å²) in [5.74, 6) is 0.335. The number of hydrogen-bond acceptors (Lipinski definition) is 4. The third-order valence-corrected chi connectivity index (χ3v) is 4.13. The molecule has 5 heteroatoms. The van der Waals surface area contributed by atoms with Gasteiger partial charge in [0.15, 0.2) is 0 Å². The van der Waals surface area contributed by atoms with Gasteiger partial charge in [0, 0.05) is 30.7 Å². The monoisotopic (exact) mass is 275 g/mol. The minimum absolute atomic E-state index is 0.410. The molecule has 0 aromatic heterocycles. The summed E-state index contributed by atoms with van der Waals surface area (Å²) in [4.78, 5) is 13.8. The SMILES string of the molecule is COc1ccc(C(N)=O)cc1NC1CCN(C2CC2)C1. The maximum atomic E-state index is 11.3. The Morgan fingerprint density at radius 2 is 2.20 bits per heavy atom. The first-order chi connectivity index (χ1) is 9.67. The van der Waals surface area contributed by atoms with Crippen molar-refractivity contribution in [1.82, 2.24) is 4.90 Å². The van der Waals surface area contributed by atoms with E-state index in [9.17, 15) is 4.79 Å². The van der Waals surface area contributed by atoms with E-state index >= 15 is 0 Å². The molecule has 2 fully saturated rings. The van der Waals surface area contributed by atoms with Gasteiger partial charge in [-0.1, -0.05) is 0 Å². The van der Waals surface area contributed by atoms with Crippen LogP contribution in [-0.4, -0.2) is 43.1 Å². The normalized spacial score (nSPS) is 22.8. The number of ether oxygens (including phenoxy) is 1. The number of methoxy groups -OCH3 is 1. The van der Waals surface area contributed by atoms with Gasteiger partial charge in [-0.3, -0.25) is 9.69 Å². The van der Waals surface area contributed by atoms with Crippen LogP contribution in [0.15, 0.2) is 18.2 Å². The number of rotatable bonds is 5. The standard InChI is InChI=1S/C15H21N3O2/c1-20-14-5-2-10(15(16)19)8-13(14)17-11-6-7-18(9-11)12-3-4-12/h2,5,8,11-12,17H,3-4,6-7,9H2,1H3,(H2,16,19). The number of nitrogens with one attached hydrogen (secondary N) is 1. The third kappa shape index (κ3) is 2.72. The van der Waals surface area contributed by atoms with Gasteiger partial charge in [-0.05, 0) is 37.5 Å². The molecule has 1 atom stereocenters. The fourth-order valence-corrected chi connectivity index (χ4v) is 2.87. The molecule has 3 N–H and O–H groups in total. The number of nitrogens with two attached hydrogens (primary N) is 1. The number of amides is 1. The molecule has 1 aliphatic carbocycles. The fraction of sp³-hybridized carbons (Fsp3) is 0.533. The summed E-state index contributed by atoms with van der Waals surface area (Å²) in [5, 5.41) is 3.49. The van der Waals surface area contributed by atoms with Gasteiger partial charge in [-0.2, -0.15) is 0 Å². The van der Waals surface area contributed by atoms with Gasteiger partial charge in [0.2, 0.25) is 5.91 Å². The van der Waals surface area contributed by atoms with Crippen LogP contribution in [0.3, 0.4) is 0 Å². The van der Waals surface area contributed by atoms with Crippen LogP contribution in [0.4, 0.5) is 5.69 Å². The lowest BCUT2D eigenvalue weighted by Gasteiger charge is -2.18. The Morgan fingerprint density at radius 1 is 1.40 bits per heavy atom. The molecule has 1 unspecified atom stereocenters. The van der Waals surface area contributed by atoms with Crippen LogP contribution in [0, 0.1) is 0 Å². The van der Waals surface area contributed by atoms with E-state index in [1.165, 1.54) is 12.8 Å². The lowest BCUT2D eigenvalue weighted by Crippen LogP contribution is -2.28. The lowest BCUT2D eigenvalue weighted by molar-refractivity contribution is 0.100. The average Bonchev–Trinajstić information content (AvgIpc) is 3.19. The molecule has 0 bridgehead atoms. The van der Waals surface area contributed by atoms with Crippen molar-refractivity contribution >= 4 is 11.6 Å². The van der Waals surface area contributed by atoms with Gasteiger partial charge in [-0.25, -0.2) is 0 Å². The molecule has 1 amide bonds. The summed E-state index contributed by atoms with van der Waals surface area (Å²) in [7, 11) is 1.63. The quantitative estimate of drug-likeness (QED) is 0.853. The van der Waals surface area contributed by atoms with Gasteiger partial charge in [0.05, 0.1) is 12.8 Å². The molecule has 1 aromatic carbocycles. The zero-order chi connectivity index (χ0) is 14.1. The van der Waals surface area contributed by atoms with Gasteiger partial charge < -0.3 is 15.8 Å². The second kappa shape index (κ2) is 5.32. The van der Waals surface area contributed by atoms with E-state index in [1.54, 1.807) is 25.3 Å². The molecule has 1 saturated carbocycles. The van der Waals surface area contributed by atoms with Crippen molar-refractivity contribution in [1.29, 1.82) is 0 Å². The topological polar surface area (TPSA) is 67.6 Å². The zero-order valence-electron chi connectivity index (χ0n) is 11.8. The van der Waals surface area contributed by atoms with Crippen LogP contribution in [0.2, 0.25) is 0 Å². The van der Waals surface area contributed by atoms with E-state index in [4.69, 9.17) is 10.5 Å². The van der Waals surface area contributed by atoms with E-state index in [2.05, 4.69) is 10.2 Å². The zero-order valence-corrected chi connectivity index (χ0v) is 11.8. The molecule has 1 aliphatic heterocycles. The van der Waals surface area contributed by atoms with Crippen molar-refractivity contribution in [2.45, 2.75) is 31.3 Å². The second-order valence-electron chi connectivity index (χ2n) is 5.64. The summed E-state index contributed by atoms with van der Waals surface area (Å²) in [6.07, 6.45) is 3.81. The first kappa shape index (κ1) is 13.2. The van der Waals surface area contributed by atoms with Gasteiger partial charge in [-0.15, -0.1) is 0 Å². The first-order valence-electron chi connectivity index (χ1n) is 7.16.